The van der Waals surface area contributed by atoms with Crippen LogP contribution in [0.25, 0.3) is 16.8 Å². The van der Waals surface area contributed by atoms with E-state index in [1.807, 2.05) is 12.3 Å². The molecule has 7 nitrogen and oxygen atoms in total. The predicted octanol–water partition coefficient (Wildman–Crippen LogP) is 3.12. The van der Waals surface area contributed by atoms with Crippen LogP contribution in [0, 0.1) is 11.7 Å². The fraction of sp³-hybridized carbons (Fsp3) is 0.500. The van der Waals surface area contributed by atoms with Crippen molar-refractivity contribution in [3.05, 3.63) is 42.5 Å². The molecule has 3 aromatic rings. The van der Waals surface area contributed by atoms with E-state index in [2.05, 4.69) is 27.1 Å². The predicted molar refractivity (Wildman–Crippen MR) is 121 cm³/mol. The van der Waals surface area contributed by atoms with Crippen molar-refractivity contribution in [1.29, 1.82) is 0 Å². The molecule has 0 spiro atoms. The summed E-state index contributed by atoms with van der Waals surface area (Å²) >= 11 is 0. The largest absolute Gasteiger partial charge is 0.492 e. The van der Waals surface area contributed by atoms with E-state index in [1.165, 1.54) is 25.5 Å². The molecule has 0 amide bonds. The van der Waals surface area contributed by atoms with E-state index < -0.39 is 0 Å². The molecule has 2 aromatic heterocycles. The molecule has 0 radical (unpaired) electrons. The molecule has 2 fully saturated rings. The lowest BCUT2D eigenvalue weighted by molar-refractivity contribution is 0.0146. The Morgan fingerprint density at radius 1 is 1.19 bits per heavy atom. The molecule has 32 heavy (non-hydrogen) atoms. The maximum absolute atomic E-state index is 14.8. The number of benzene rings is 1. The minimum atomic E-state index is -0.303. The van der Waals surface area contributed by atoms with Crippen LogP contribution in [0.1, 0.15) is 19.8 Å². The van der Waals surface area contributed by atoms with Crippen LogP contribution in [0.4, 0.5) is 10.2 Å². The number of halogens is 1. The van der Waals surface area contributed by atoms with Gasteiger partial charge in [-0.1, -0.05) is 0 Å². The van der Waals surface area contributed by atoms with Crippen molar-refractivity contribution in [2.45, 2.75) is 31.8 Å². The Balaban J connectivity index is 1.34. The standard InChI is InChI=1S/C24H29FN6O/c1-16-12-29-9-7-26-23-6-8-31-24(28-23)21(11-27-31)20-10-19(4-5-22(20)25)32-15-18(29)14-30(16)13-17-2-3-17/h4-6,8,10-11,16-18H,2-3,7,9,12-15H2,1H3,(H,26,28)/t16-,18+/m1/s1. The molecule has 2 aliphatic heterocycles. The molecule has 4 heterocycles. The molecule has 168 valence electrons. The van der Waals surface area contributed by atoms with Crippen LogP contribution in [0.2, 0.25) is 0 Å². The van der Waals surface area contributed by atoms with E-state index in [9.17, 15) is 4.39 Å². The van der Waals surface area contributed by atoms with Gasteiger partial charge >= 0.3 is 0 Å². The quantitative estimate of drug-likeness (QED) is 0.666. The zero-order chi connectivity index (χ0) is 21.7. The van der Waals surface area contributed by atoms with Crippen LogP contribution in [0.15, 0.2) is 36.7 Å². The molecular formula is C24H29FN6O. The van der Waals surface area contributed by atoms with Gasteiger partial charge in [-0.2, -0.15) is 5.10 Å². The van der Waals surface area contributed by atoms with Crippen molar-refractivity contribution in [1.82, 2.24) is 24.4 Å². The number of fused-ring (bicyclic) bond motifs is 5. The minimum Gasteiger partial charge on any atom is -0.492 e. The van der Waals surface area contributed by atoms with E-state index in [0.717, 1.165) is 37.9 Å². The number of piperazine rings is 1. The van der Waals surface area contributed by atoms with Gasteiger partial charge in [0, 0.05) is 56.1 Å². The highest BCUT2D eigenvalue weighted by molar-refractivity contribution is 5.78. The van der Waals surface area contributed by atoms with Crippen LogP contribution in [0.3, 0.4) is 0 Å². The first-order chi connectivity index (χ1) is 15.6. The Bertz CT molecular complexity index is 1130. The maximum atomic E-state index is 14.8. The van der Waals surface area contributed by atoms with E-state index in [-0.39, 0.29) is 5.82 Å². The van der Waals surface area contributed by atoms with Crippen molar-refractivity contribution in [3.8, 4) is 16.9 Å². The number of rotatable bonds is 2. The van der Waals surface area contributed by atoms with E-state index in [1.54, 1.807) is 22.8 Å². The van der Waals surface area contributed by atoms with Gasteiger partial charge in [0.15, 0.2) is 5.65 Å². The average molecular weight is 437 g/mol. The number of hydrogen-bond acceptors (Lipinski definition) is 6. The maximum Gasteiger partial charge on any atom is 0.165 e. The van der Waals surface area contributed by atoms with E-state index in [4.69, 9.17) is 9.72 Å². The Labute approximate surface area is 187 Å². The van der Waals surface area contributed by atoms with Crippen molar-refractivity contribution in [3.63, 3.8) is 0 Å². The molecule has 1 aliphatic carbocycles. The fourth-order valence-corrected chi connectivity index (χ4v) is 4.97. The second kappa shape index (κ2) is 8.01. The van der Waals surface area contributed by atoms with Crippen LogP contribution in [-0.2, 0) is 0 Å². The monoisotopic (exact) mass is 436 g/mol. The van der Waals surface area contributed by atoms with Gasteiger partial charge < -0.3 is 10.1 Å². The van der Waals surface area contributed by atoms with Gasteiger partial charge in [-0.15, -0.1) is 0 Å². The van der Waals surface area contributed by atoms with Crippen molar-refractivity contribution < 1.29 is 9.13 Å². The van der Waals surface area contributed by atoms with Gasteiger partial charge in [-0.05, 0) is 49.9 Å². The third-order valence-electron chi connectivity index (χ3n) is 7.02. The van der Waals surface area contributed by atoms with Crippen molar-refractivity contribution >= 4 is 11.5 Å². The first-order valence-corrected chi connectivity index (χ1v) is 11.6. The third kappa shape index (κ3) is 3.82. The Morgan fingerprint density at radius 3 is 2.97 bits per heavy atom. The lowest BCUT2D eigenvalue weighted by Gasteiger charge is -2.45. The van der Waals surface area contributed by atoms with Crippen LogP contribution >= 0.6 is 0 Å². The summed E-state index contributed by atoms with van der Waals surface area (Å²) in [4.78, 5) is 9.88. The number of anilines is 1. The van der Waals surface area contributed by atoms with E-state index in [0.29, 0.717) is 41.2 Å². The molecule has 1 saturated carbocycles. The normalized spacial score (nSPS) is 24.6. The molecule has 1 N–H and O–H groups in total. The van der Waals surface area contributed by atoms with E-state index >= 15 is 0 Å². The molecule has 1 saturated heterocycles. The van der Waals surface area contributed by atoms with Gasteiger partial charge in [-0.25, -0.2) is 13.9 Å². The molecule has 4 bridgehead atoms. The van der Waals surface area contributed by atoms with Gasteiger partial charge in [-0.3, -0.25) is 9.80 Å². The highest BCUT2D eigenvalue weighted by atomic mass is 19.1. The molecule has 8 heteroatoms. The zero-order valence-corrected chi connectivity index (χ0v) is 18.4. The Kier molecular flexibility index (Phi) is 4.99. The SMILES string of the molecule is C[C@@H]1CN2CCNc3ccn4ncc(c4n3)-c3cc(ccc3F)OC[C@@H]2CN1CC1CC1. The van der Waals surface area contributed by atoms with Gasteiger partial charge in [0.25, 0.3) is 0 Å². The number of nitrogens with zero attached hydrogens (tertiary/aromatic N) is 5. The number of aromatic nitrogens is 3. The van der Waals surface area contributed by atoms with Gasteiger partial charge in [0.1, 0.15) is 24.0 Å². The van der Waals surface area contributed by atoms with Crippen LogP contribution < -0.4 is 10.1 Å². The zero-order valence-electron chi connectivity index (χ0n) is 18.4. The second-order valence-corrected chi connectivity index (χ2v) is 9.41. The van der Waals surface area contributed by atoms with Crippen molar-refractivity contribution in [2.24, 2.45) is 5.92 Å². The number of hydrogen-bond donors (Lipinski definition) is 1. The smallest absolute Gasteiger partial charge is 0.165 e. The summed E-state index contributed by atoms with van der Waals surface area (Å²) in [6.45, 7) is 7.85. The highest BCUT2D eigenvalue weighted by Gasteiger charge is 2.35. The number of nitrogens with one attached hydrogen (secondary N) is 1. The topological polar surface area (TPSA) is 57.9 Å². The second-order valence-electron chi connectivity index (χ2n) is 9.41. The summed E-state index contributed by atoms with van der Waals surface area (Å²) in [5.74, 6) is 2.03. The number of ether oxygens (including phenoxy) is 1. The summed E-state index contributed by atoms with van der Waals surface area (Å²) in [6, 6.07) is 7.71. The minimum absolute atomic E-state index is 0.297. The van der Waals surface area contributed by atoms with Crippen LogP contribution in [0.5, 0.6) is 5.75 Å². The first-order valence-electron chi connectivity index (χ1n) is 11.6. The third-order valence-corrected chi connectivity index (χ3v) is 7.02. The van der Waals surface area contributed by atoms with Gasteiger partial charge in [0.2, 0.25) is 0 Å². The molecule has 1 aromatic carbocycles. The molecule has 2 atom stereocenters. The lowest BCUT2D eigenvalue weighted by atomic mass is 10.1. The molecular weight excluding hydrogens is 407 g/mol. The van der Waals surface area contributed by atoms with Gasteiger partial charge in [0.05, 0.1) is 12.2 Å². The first kappa shape index (κ1) is 19.9. The molecule has 6 rings (SSSR count). The van der Waals surface area contributed by atoms with Crippen LogP contribution in [-0.4, -0.2) is 75.8 Å². The summed E-state index contributed by atoms with van der Waals surface area (Å²) in [6.07, 6.45) is 6.26. The Hall–Kier alpha value is -2.71. The molecule has 3 aliphatic rings. The van der Waals surface area contributed by atoms with Crippen molar-refractivity contribution in [2.75, 3.05) is 44.6 Å². The highest BCUT2D eigenvalue weighted by Crippen LogP contribution is 2.33. The Morgan fingerprint density at radius 2 is 2.09 bits per heavy atom. The summed E-state index contributed by atoms with van der Waals surface area (Å²) < 4.78 is 22.7. The summed E-state index contributed by atoms with van der Waals surface area (Å²) in [7, 11) is 0. The summed E-state index contributed by atoms with van der Waals surface area (Å²) in [5.41, 5.74) is 1.75. The fourth-order valence-electron chi connectivity index (χ4n) is 4.97. The summed E-state index contributed by atoms with van der Waals surface area (Å²) in [5, 5.41) is 7.81. The average Bonchev–Trinajstić information content (AvgIpc) is 3.51. The lowest BCUT2D eigenvalue weighted by Crippen LogP contribution is -2.60. The molecule has 0 unspecified atom stereocenters.